The van der Waals surface area contributed by atoms with Crippen LogP contribution in [0.2, 0.25) is 5.02 Å². The lowest BCUT2D eigenvalue weighted by Crippen LogP contribution is -2.06. The number of fused-ring (bicyclic) bond motifs is 2. The van der Waals surface area contributed by atoms with Crippen molar-refractivity contribution in [1.82, 2.24) is 4.98 Å². The Bertz CT molecular complexity index is 1130. The molecule has 0 unspecified atom stereocenters. The number of aromatic nitrogens is 1. The summed E-state index contributed by atoms with van der Waals surface area (Å²) in [4.78, 5) is 6.66. The third kappa shape index (κ3) is 3.52. The molecule has 4 aromatic rings. The molecule has 0 fully saturated rings. The molecule has 1 heterocycles. The van der Waals surface area contributed by atoms with E-state index in [2.05, 4.69) is 0 Å². The van der Waals surface area contributed by atoms with E-state index in [0.717, 1.165) is 37.3 Å². The van der Waals surface area contributed by atoms with Crippen LogP contribution in [-0.4, -0.2) is 17.3 Å². The number of hydrogen-bond donors (Lipinski definition) is 1. The minimum atomic E-state index is -0.154. The van der Waals surface area contributed by atoms with E-state index in [1.165, 1.54) is 0 Å². The monoisotopic (exact) mass is 397 g/mol. The maximum Gasteiger partial charge on any atom is 0.119 e. The van der Waals surface area contributed by atoms with Crippen molar-refractivity contribution in [3.63, 3.8) is 0 Å². The lowest BCUT2D eigenvalue weighted by atomic mass is 10.1. The van der Waals surface area contributed by atoms with E-state index < -0.39 is 0 Å². The van der Waals surface area contributed by atoms with Crippen molar-refractivity contribution in [2.75, 3.05) is 12.3 Å². The summed E-state index contributed by atoms with van der Waals surface area (Å²) >= 11 is 7.70. The van der Waals surface area contributed by atoms with Gasteiger partial charge in [-0.15, -0.1) is 0 Å². The second-order valence-corrected chi connectivity index (χ2v) is 7.37. The van der Waals surface area contributed by atoms with Gasteiger partial charge in [-0.05, 0) is 54.6 Å². The largest absolute Gasteiger partial charge is 0.733 e. The average molecular weight is 398 g/mol. The first-order valence-corrected chi connectivity index (χ1v) is 9.25. The van der Waals surface area contributed by atoms with Gasteiger partial charge < -0.3 is 15.2 Å². The van der Waals surface area contributed by atoms with E-state index in [4.69, 9.17) is 26.5 Å². The summed E-state index contributed by atoms with van der Waals surface area (Å²) in [7, 11) is 1.63. The summed E-state index contributed by atoms with van der Waals surface area (Å²) in [6.07, 6.45) is 0. The summed E-state index contributed by atoms with van der Waals surface area (Å²) in [6, 6.07) is 18.1. The van der Waals surface area contributed by atoms with Crippen molar-refractivity contribution in [3.8, 4) is 5.75 Å². The van der Waals surface area contributed by atoms with Crippen molar-refractivity contribution < 1.29 is 9.94 Å². The number of halogens is 1. The minimum Gasteiger partial charge on any atom is -0.733 e. The summed E-state index contributed by atoms with van der Waals surface area (Å²) in [6.45, 7) is 0. The first kappa shape index (κ1) is 17.9. The predicted molar refractivity (Wildman–Crippen MR) is 109 cm³/mol. The van der Waals surface area contributed by atoms with Crippen LogP contribution >= 0.6 is 23.4 Å². The van der Waals surface area contributed by atoms with Crippen LogP contribution < -0.4 is 9.96 Å². The van der Waals surface area contributed by atoms with Gasteiger partial charge in [0, 0.05) is 25.6 Å². The maximum absolute atomic E-state index is 11.0. The molecule has 27 heavy (non-hydrogen) atoms. The van der Waals surface area contributed by atoms with Gasteiger partial charge in [0.05, 0.1) is 23.8 Å². The molecule has 0 atom stereocenters. The lowest BCUT2D eigenvalue weighted by molar-refractivity contribution is 0.296. The standard InChI is InChI=1S/C20H14ClN2O3S/c1-26-14-5-9-18-17(11-14)20(16-8-2-12(21)10-19(16)22-18)27-15-6-3-13(4-7-15)23(24)25/h2-11,24H,1H3/q-1. The van der Waals surface area contributed by atoms with Gasteiger partial charge in [-0.3, -0.25) is 5.21 Å². The van der Waals surface area contributed by atoms with Crippen molar-refractivity contribution in [3.05, 3.63) is 70.9 Å². The Balaban J connectivity index is 1.91. The van der Waals surface area contributed by atoms with Crippen molar-refractivity contribution in [2.24, 2.45) is 0 Å². The van der Waals surface area contributed by atoms with E-state index >= 15 is 0 Å². The number of hydrogen-bond acceptors (Lipinski definition) is 6. The zero-order valence-electron chi connectivity index (χ0n) is 14.2. The average Bonchev–Trinajstić information content (AvgIpc) is 2.67. The number of nitrogens with zero attached hydrogens (tertiary/aromatic N) is 2. The van der Waals surface area contributed by atoms with Crippen LogP contribution in [0.4, 0.5) is 5.69 Å². The highest BCUT2D eigenvalue weighted by Gasteiger charge is 2.12. The second-order valence-electron chi connectivity index (χ2n) is 5.85. The van der Waals surface area contributed by atoms with Crippen molar-refractivity contribution in [2.45, 2.75) is 9.79 Å². The first-order chi connectivity index (χ1) is 13.0. The molecule has 4 rings (SSSR count). The zero-order valence-corrected chi connectivity index (χ0v) is 15.8. The lowest BCUT2D eigenvalue weighted by Gasteiger charge is -2.21. The molecule has 0 saturated heterocycles. The number of methoxy groups -OCH3 is 1. The predicted octanol–water partition coefficient (Wildman–Crippen LogP) is 5.89. The fraction of sp³-hybridized carbons (Fsp3) is 0.0500. The summed E-state index contributed by atoms with van der Waals surface area (Å²) in [5.74, 6) is 0.747. The number of pyridine rings is 1. The van der Waals surface area contributed by atoms with E-state index in [9.17, 15) is 5.21 Å². The second kappa shape index (κ2) is 7.25. The molecule has 0 amide bonds. The molecule has 0 radical (unpaired) electrons. The SMILES string of the molecule is COc1ccc2nc3cc(Cl)ccc3c(Sc3ccc(N([O-])O)cc3)c2c1. The highest BCUT2D eigenvalue weighted by Crippen LogP contribution is 2.40. The molecule has 3 aromatic carbocycles. The minimum absolute atomic E-state index is 0.154. The molecule has 0 aliphatic rings. The van der Waals surface area contributed by atoms with Crippen molar-refractivity contribution in [1.29, 1.82) is 0 Å². The number of ether oxygens (including phenoxy) is 1. The third-order valence-electron chi connectivity index (χ3n) is 4.17. The molecule has 136 valence electrons. The summed E-state index contributed by atoms with van der Waals surface area (Å²) < 4.78 is 5.37. The van der Waals surface area contributed by atoms with Gasteiger partial charge in [0.25, 0.3) is 0 Å². The van der Waals surface area contributed by atoms with E-state index in [0.29, 0.717) is 5.02 Å². The molecule has 1 aromatic heterocycles. The van der Waals surface area contributed by atoms with Gasteiger partial charge in [-0.1, -0.05) is 29.4 Å². The zero-order chi connectivity index (χ0) is 19.0. The molecule has 0 spiro atoms. The van der Waals surface area contributed by atoms with Gasteiger partial charge in [-0.2, -0.15) is 0 Å². The van der Waals surface area contributed by atoms with Crippen LogP contribution in [0.1, 0.15) is 0 Å². The highest BCUT2D eigenvalue weighted by atomic mass is 35.5. The Morgan fingerprint density at radius 1 is 1.00 bits per heavy atom. The van der Waals surface area contributed by atoms with E-state index in [1.54, 1.807) is 43.1 Å². The van der Waals surface area contributed by atoms with Crippen LogP contribution in [-0.2, 0) is 0 Å². The number of rotatable bonds is 4. The van der Waals surface area contributed by atoms with Gasteiger partial charge in [0.15, 0.2) is 0 Å². The maximum atomic E-state index is 11.0. The highest BCUT2D eigenvalue weighted by molar-refractivity contribution is 7.99. The Morgan fingerprint density at radius 2 is 1.78 bits per heavy atom. The molecule has 1 N–H and O–H groups in total. The molecular formula is C20H14ClN2O3S-. The number of benzene rings is 3. The summed E-state index contributed by atoms with van der Waals surface area (Å²) in [5, 5.41) is 22.4. The van der Waals surface area contributed by atoms with Crippen LogP contribution in [0.25, 0.3) is 21.8 Å². The molecule has 0 saturated carbocycles. The normalized spacial score (nSPS) is 11.1. The van der Waals surface area contributed by atoms with Crippen LogP contribution in [0, 0.1) is 5.21 Å². The fourth-order valence-electron chi connectivity index (χ4n) is 2.86. The van der Waals surface area contributed by atoms with Crippen LogP contribution in [0.5, 0.6) is 5.75 Å². The quantitative estimate of drug-likeness (QED) is 0.342. The van der Waals surface area contributed by atoms with Gasteiger partial charge in [0.2, 0.25) is 0 Å². The molecule has 7 heteroatoms. The Labute approximate surface area is 164 Å². The molecule has 5 nitrogen and oxygen atoms in total. The van der Waals surface area contributed by atoms with Crippen molar-refractivity contribution >= 4 is 50.9 Å². The molecule has 0 aliphatic carbocycles. The number of anilines is 1. The Hall–Kier alpha value is -2.51. The van der Waals surface area contributed by atoms with E-state index in [-0.39, 0.29) is 10.9 Å². The van der Waals surface area contributed by atoms with Crippen LogP contribution in [0.3, 0.4) is 0 Å². The van der Waals surface area contributed by atoms with Gasteiger partial charge >= 0.3 is 0 Å². The van der Waals surface area contributed by atoms with Crippen LogP contribution in [0.15, 0.2) is 70.5 Å². The van der Waals surface area contributed by atoms with E-state index in [1.807, 2.05) is 36.4 Å². The molecule has 0 aliphatic heterocycles. The first-order valence-electron chi connectivity index (χ1n) is 8.06. The fourth-order valence-corrected chi connectivity index (χ4v) is 4.09. The molecular weight excluding hydrogens is 384 g/mol. The third-order valence-corrected chi connectivity index (χ3v) is 5.56. The molecule has 0 bridgehead atoms. The van der Waals surface area contributed by atoms with Gasteiger partial charge in [-0.25, -0.2) is 4.98 Å². The Morgan fingerprint density at radius 3 is 2.48 bits per heavy atom. The smallest absolute Gasteiger partial charge is 0.119 e. The van der Waals surface area contributed by atoms with Gasteiger partial charge in [0.1, 0.15) is 5.75 Å². The topological polar surface area (TPSA) is 68.7 Å². The Kier molecular flexibility index (Phi) is 4.80. The summed E-state index contributed by atoms with van der Waals surface area (Å²) in [5.41, 5.74) is 1.82.